The lowest BCUT2D eigenvalue weighted by Gasteiger charge is -2.11. The van der Waals surface area contributed by atoms with Gasteiger partial charge in [-0.1, -0.05) is 18.2 Å². The van der Waals surface area contributed by atoms with Crippen molar-refractivity contribution in [3.63, 3.8) is 0 Å². The van der Waals surface area contributed by atoms with Gasteiger partial charge in [0.2, 0.25) is 0 Å². The molecule has 0 spiro atoms. The quantitative estimate of drug-likeness (QED) is 0.826. The van der Waals surface area contributed by atoms with Gasteiger partial charge in [-0.3, -0.25) is 0 Å². The van der Waals surface area contributed by atoms with Crippen molar-refractivity contribution < 1.29 is 0 Å². The molecule has 0 saturated carbocycles. The van der Waals surface area contributed by atoms with Crippen LogP contribution in [0.2, 0.25) is 0 Å². The van der Waals surface area contributed by atoms with Crippen LogP contribution in [0.3, 0.4) is 0 Å². The van der Waals surface area contributed by atoms with E-state index < -0.39 is 0 Å². The summed E-state index contributed by atoms with van der Waals surface area (Å²) >= 11 is 1.74. The van der Waals surface area contributed by atoms with Crippen LogP contribution in [0.1, 0.15) is 18.5 Å². The van der Waals surface area contributed by atoms with Crippen LogP contribution in [0.4, 0.5) is 0 Å². The van der Waals surface area contributed by atoms with E-state index in [0.29, 0.717) is 6.04 Å². The summed E-state index contributed by atoms with van der Waals surface area (Å²) in [6.45, 7) is 2.17. The standard InChI is InChI=1S/C13H15NS/c1-10(14-2)11-4-3-5-12(8-11)13-6-7-15-9-13/h3-10,14H,1-2H3. The summed E-state index contributed by atoms with van der Waals surface area (Å²) in [5, 5.41) is 7.55. The molecule has 0 aliphatic carbocycles. The molecule has 1 heterocycles. The number of benzene rings is 1. The minimum atomic E-state index is 0.406. The molecule has 0 saturated heterocycles. The van der Waals surface area contributed by atoms with Gasteiger partial charge in [0.15, 0.2) is 0 Å². The van der Waals surface area contributed by atoms with E-state index in [9.17, 15) is 0 Å². The van der Waals surface area contributed by atoms with E-state index in [1.165, 1.54) is 16.7 Å². The first kappa shape index (κ1) is 10.4. The highest BCUT2D eigenvalue weighted by atomic mass is 32.1. The molecule has 78 valence electrons. The van der Waals surface area contributed by atoms with Crippen molar-refractivity contribution in [3.8, 4) is 11.1 Å². The van der Waals surface area contributed by atoms with Crippen molar-refractivity contribution in [3.05, 3.63) is 46.7 Å². The van der Waals surface area contributed by atoms with Crippen molar-refractivity contribution >= 4 is 11.3 Å². The molecule has 0 amide bonds. The Hall–Kier alpha value is -1.12. The predicted octanol–water partition coefficient (Wildman–Crippen LogP) is 3.70. The number of rotatable bonds is 3. The minimum Gasteiger partial charge on any atom is -0.313 e. The van der Waals surface area contributed by atoms with Gasteiger partial charge in [0, 0.05) is 6.04 Å². The zero-order valence-electron chi connectivity index (χ0n) is 9.03. The van der Waals surface area contributed by atoms with Gasteiger partial charge in [-0.25, -0.2) is 0 Å². The fourth-order valence-electron chi connectivity index (χ4n) is 1.58. The van der Waals surface area contributed by atoms with Gasteiger partial charge in [0.05, 0.1) is 0 Å². The number of hydrogen-bond donors (Lipinski definition) is 1. The molecule has 0 fully saturated rings. The van der Waals surface area contributed by atoms with Crippen LogP contribution >= 0.6 is 11.3 Å². The van der Waals surface area contributed by atoms with Crippen LogP contribution < -0.4 is 5.32 Å². The molecular formula is C13H15NS. The molecule has 2 rings (SSSR count). The Morgan fingerprint density at radius 2 is 2.07 bits per heavy atom. The van der Waals surface area contributed by atoms with E-state index in [-0.39, 0.29) is 0 Å². The first-order chi connectivity index (χ1) is 7.31. The van der Waals surface area contributed by atoms with Crippen LogP contribution in [0.5, 0.6) is 0 Å². The average Bonchev–Trinajstić information content (AvgIpc) is 2.82. The SMILES string of the molecule is CNC(C)c1cccc(-c2ccsc2)c1. The number of thiophene rings is 1. The molecule has 2 aromatic rings. The van der Waals surface area contributed by atoms with Crippen LogP contribution in [0.15, 0.2) is 41.1 Å². The third-order valence-corrected chi connectivity index (χ3v) is 3.36. The highest BCUT2D eigenvalue weighted by Crippen LogP contribution is 2.24. The summed E-state index contributed by atoms with van der Waals surface area (Å²) < 4.78 is 0. The van der Waals surface area contributed by atoms with E-state index in [0.717, 1.165) is 0 Å². The smallest absolute Gasteiger partial charge is 0.0289 e. The fourth-order valence-corrected chi connectivity index (χ4v) is 2.25. The first-order valence-electron chi connectivity index (χ1n) is 5.11. The Morgan fingerprint density at radius 3 is 2.73 bits per heavy atom. The van der Waals surface area contributed by atoms with Gasteiger partial charge in [-0.05, 0) is 53.6 Å². The van der Waals surface area contributed by atoms with Crippen LogP contribution in [0.25, 0.3) is 11.1 Å². The average molecular weight is 217 g/mol. The zero-order chi connectivity index (χ0) is 10.7. The fraction of sp³-hybridized carbons (Fsp3) is 0.231. The Kier molecular flexibility index (Phi) is 3.19. The largest absolute Gasteiger partial charge is 0.313 e. The first-order valence-corrected chi connectivity index (χ1v) is 6.05. The number of hydrogen-bond acceptors (Lipinski definition) is 2. The summed E-state index contributed by atoms with van der Waals surface area (Å²) in [5.41, 5.74) is 3.95. The monoisotopic (exact) mass is 217 g/mol. The normalized spacial score (nSPS) is 12.7. The molecule has 15 heavy (non-hydrogen) atoms. The Labute approximate surface area is 94.8 Å². The van der Waals surface area contributed by atoms with E-state index >= 15 is 0 Å². The molecule has 0 aliphatic rings. The van der Waals surface area contributed by atoms with Gasteiger partial charge < -0.3 is 5.32 Å². The van der Waals surface area contributed by atoms with Crippen LogP contribution in [-0.4, -0.2) is 7.05 Å². The molecule has 1 aromatic heterocycles. The molecule has 1 N–H and O–H groups in total. The molecule has 1 unspecified atom stereocenters. The van der Waals surface area contributed by atoms with Crippen molar-refractivity contribution in [1.82, 2.24) is 5.32 Å². The Bertz CT molecular complexity index is 420. The molecule has 0 bridgehead atoms. The topological polar surface area (TPSA) is 12.0 Å². The summed E-state index contributed by atoms with van der Waals surface area (Å²) in [4.78, 5) is 0. The molecule has 0 aliphatic heterocycles. The second kappa shape index (κ2) is 4.60. The molecule has 1 atom stereocenters. The molecule has 1 aromatic carbocycles. The maximum absolute atomic E-state index is 3.26. The van der Waals surface area contributed by atoms with E-state index in [4.69, 9.17) is 0 Å². The van der Waals surface area contributed by atoms with Gasteiger partial charge in [0.1, 0.15) is 0 Å². The third-order valence-electron chi connectivity index (χ3n) is 2.67. The third kappa shape index (κ3) is 2.28. The summed E-state index contributed by atoms with van der Waals surface area (Å²) in [6, 6.07) is 11.3. The lowest BCUT2D eigenvalue weighted by atomic mass is 10.0. The number of nitrogens with one attached hydrogen (secondary N) is 1. The molecule has 0 radical (unpaired) electrons. The molecule has 2 heteroatoms. The molecular weight excluding hydrogens is 202 g/mol. The molecule has 1 nitrogen and oxygen atoms in total. The minimum absolute atomic E-state index is 0.406. The lowest BCUT2D eigenvalue weighted by molar-refractivity contribution is 0.652. The summed E-state index contributed by atoms with van der Waals surface area (Å²) in [6.07, 6.45) is 0. The maximum atomic E-state index is 3.26. The van der Waals surface area contributed by atoms with Gasteiger partial charge >= 0.3 is 0 Å². The van der Waals surface area contributed by atoms with E-state index in [1.807, 2.05) is 7.05 Å². The predicted molar refractivity (Wildman–Crippen MR) is 67.2 cm³/mol. The lowest BCUT2D eigenvalue weighted by Crippen LogP contribution is -2.11. The van der Waals surface area contributed by atoms with Crippen LogP contribution in [-0.2, 0) is 0 Å². The maximum Gasteiger partial charge on any atom is 0.0289 e. The second-order valence-corrected chi connectivity index (χ2v) is 4.43. The van der Waals surface area contributed by atoms with E-state index in [1.54, 1.807) is 11.3 Å². The second-order valence-electron chi connectivity index (χ2n) is 3.65. The van der Waals surface area contributed by atoms with Gasteiger partial charge in [0.25, 0.3) is 0 Å². The summed E-state index contributed by atoms with van der Waals surface area (Å²) in [5.74, 6) is 0. The highest BCUT2D eigenvalue weighted by molar-refractivity contribution is 7.08. The summed E-state index contributed by atoms with van der Waals surface area (Å²) in [7, 11) is 1.99. The van der Waals surface area contributed by atoms with E-state index in [2.05, 4.69) is 53.3 Å². The van der Waals surface area contributed by atoms with Crippen molar-refractivity contribution in [2.24, 2.45) is 0 Å². The van der Waals surface area contributed by atoms with Gasteiger partial charge in [-0.2, -0.15) is 11.3 Å². The highest BCUT2D eigenvalue weighted by Gasteiger charge is 2.04. The van der Waals surface area contributed by atoms with Crippen molar-refractivity contribution in [2.45, 2.75) is 13.0 Å². The van der Waals surface area contributed by atoms with Gasteiger partial charge in [-0.15, -0.1) is 0 Å². The van der Waals surface area contributed by atoms with Crippen LogP contribution in [0, 0.1) is 0 Å². The Morgan fingerprint density at radius 1 is 1.20 bits per heavy atom. The zero-order valence-corrected chi connectivity index (χ0v) is 9.84. The van der Waals surface area contributed by atoms with Crippen molar-refractivity contribution in [1.29, 1.82) is 0 Å². The Balaban J connectivity index is 2.35. The van der Waals surface area contributed by atoms with Crippen molar-refractivity contribution in [2.75, 3.05) is 7.05 Å².